The van der Waals surface area contributed by atoms with E-state index >= 15 is 0 Å². The maximum absolute atomic E-state index is 13.3. The first-order valence-electron chi connectivity index (χ1n) is 12.5. The van der Waals surface area contributed by atoms with Gasteiger partial charge in [0, 0.05) is 47.7 Å². The maximum atomic E-state index is 13.3. The van der Waals surface area contributed by atoms with Gasteiger partial charge < -0.3 is 9.64 Å². The molecule has 7 nitrogen and oxygen atoms in total. The first kappa shape index (κ1) is 25.8. The van der Waals surface area contributed by atoms with Crippen LogP contribution in [0.5, 0.6) is 0 Å². The number of fused-ring (bicyclic) bond motifs is 2. The standard InChI is InChI=1S/C28H28BrClN4O3/c1-2-37-28(36)24-17-33(25(35)13-18-7-9-31-10-8-18)11-12-34(24)27-23-6-5-22(30)15-19(23)3-4-20-14-21(29)16-32-26(20)27/h5-10,14-16,24,27H,2-4,11-13,17H2,1H3. The zero-order valence-corrected chi connectivity index (χ0v) is 22.9. The van der Waals surface area contributed by atoms with Gasteiger partial charge >= 0.3 is 5.97 Å². The van der Waals surface area contributed by atoms with Crippen molar-refractivity contribution in [2.45, 2.75) is 38.3 Å². The van der Waals surface area contributed by atoms with E-state index in [1.807, 2.05) is 30.3 Å². The van der Waals surface area contributed by atoms with Crippen LogP contribution < -0.4 is 0 Å². The number of piperazine rings is 1. The van der Waals surface area contributed by atoms with E-state index in [0.29, 0.717) is 18.1 Å². The molecule has 0 saturated carbocycles. The van der Waals surface area contributed by atoms with Gasteiger partial charge in [0.05, 0.1) is 24.8 Å². The molecule has 0 radical (unpaired) electrons. The predicted octanol–water partition coefficient (Wildman–Crippen LogP) is 4.40. The number of halogens is 2. The second-order valence-corrected chi connectivity index (χ2v) is 10.7. The van der Waals surface area contributed by atoms with Gasteiger partial charge in [-0.15, -0.1) is 0 Å². The fourth-order valence-corrected chi connectivity index (χ4v) is 5.89. The Labute approximate surface area is 229 Å². The van der Waals surface area contributed by atoms with Gasteiger partial charge in [-0.3, -0.25) is 24.5 Å². The minimum atomic E-state index is -0.625. The molecule has 3 aromatic rings. The second kappa shape index (κ2) is 11.3. The summed E-state index contributed by atoms with van der Waals surface area (Å²) in [6, 6.07) is 10.9. The zero-order chi connectivity index (χ0) is 25.9. The normalized spacial score (nSPS) is 19.5. The molecule has 2 aliphatic rings. The van der Waals surface area contributed by atoms with Crippen molar-refractivity contribution in [1.82, 2.24) is 19.8 Å². The lowest BCUT2D eigenvalue weighted by Crippen LogP contribution is -2.59. The van der Waals surface area contributed by atoms with Crippen LogP contribution >= 0.6 is 27.5 Å². The number of rotatable bonds is 5. The van der Waals surface area contributed by atoms with Gasteiger partial charge in [-0.2, -0.15) is 0 Å². The molecule has 1 amide bonds. The van der Waals surface area contributed by atoms with Crippen LogP contribution in [-0.2, 0) is 33.6 Å². The van der Waals surface area contributed by atoms with Crippen molar-refractivity contribution in [3.8, 4) is 0 Å². The molecule has 1 fully saturated rings. The summed E-state index contributed by atoms with van der Waals surface area (Å²) in [6.45, 7) is 3.34. The molecule has 1 aliphatic heterocycles. The summed E-state index contributed by atoms with van der Waals surface area (Å²) in [6.07, 6.45) is 7.08. The van der Waals surface area contributed by atoms with Crippen molar-refractivity contribution in [1.29, 1.82) is 0 Å². The van der Waals surface area contributed by atoms with Crippen LogP contribution in [0, 0.1) is 0 Å². The number of carbonyl (C=O) groups is 2. The molecule has 0 spiro atoms. The minimum Gasteiger partial charge on any atom is -0.465 e. The molecule has 3 heterocycles. The summed E-state index contributed by atoms with van der Waals surface area (Å²) in [7, 11) is 0. The monoisotopic (exact) mass is 582 g/mol. The summed E-state index contributed by atoms with van der Waals surface area (Å²) in [5.74, 6) is -0.349. The molecular formula is C28H28BrClN4O3. The zero-order valence-electron chi connectivity index (χ0n) is 20.6. The third-order valence-electron chi connectivity index (χ3n) is 7.06. The number of hydrogen-bond donors (Lipinski definition) is 0. The number of pyridine rings is 2. The fourth-order valence-electron chi connectivity index (χ4n) is 5.32. The molecule has 1 saturated heterocycles. The van der Waals surface area contributed by atoms with E-state index in [1.54, 1.807) is 30.4 Å². The molecule has 192 valence electrons. The van der Waals surface area contributed by atoms with E-state index in [4.69, 9.17) is 21.3 Å². The number of carbonyl (C=O) groups excluding carboxylic acids is 2. The molecule has 2 atom stereocenters. The van der Waals surface area contributed by atoms with E-state index in [9.17, 15) is 9.59 Å². The van der Waals surface area contributed by atoms with Crippen molar-refractivity contribution in [3.05, 3.63) is 92.4 Å². The SMILES string of the molecule is CCOC(=O)C1CN(C(=O)Cc2ccncc2)CCN1C1c2ccc(Cl)cc2CCc2cc(Br)cnc21. The highest BCUT2D eigenvalue weighted by Crippen LogP contribution is 2.39. The van der Waals surface area contributed by atoms with Crippen LogP contribution in [0.3, 0.4) is 0 Å². The summed E-state index contributed by atoms with van der Waals surface area (Å²) in [5.41, 5.74) is 5.18. The Bertz CT molecular complexity index is 1250. The quantitative estimate of drug-likeness (QED) is 0.415. The highest BCUT2D eigenvalue weighted by atomic mass is 79.9. The average molecular weight is 584 g/mol. The minimum absolute atomic E-state index is 0.0179. The number of benzene rings is 1. The summed E-state index contributed by atoms with van der Waals surface area (Å²) >= 11 is 9.95. The van der Waals surface area contributed by atoms with Crippen molar-refractivity contribution in [2.24, 2.45) is 0 Å². The second-order valence-electron chi connectivity index (χ2n) is 9.32. The summed E-state index contributed by atoms with van der Waals surface area (Å²) in [4.78, 5) is 39.3. The predicted molar refractivity (Wildman–Crippen MR) is 144 cm³/mol. The van der Waals surface area contributed by atoms with Crippen molar-refractivity contribution in [3.63, 3.8) is 0 Å². The molecule has 9 heteroatoms. The molecule has 0 N–H and O–H groups in total. The molecule has 37 heavy (non-hydrogen) atoms. The van der Waals surface area contributed by atoms with Gasteiger partial charge in [-0.25, -0.2) is 0 Å². The van der Waals surface area contributed by atoms with E-state index < -0.39 is 6.04 Å². The first-order valence-corrected chi connectivity index (χ1v) is 13.6. The van der Waals surface area contributed by atoms with Gasteiger partial charge in [0.25, 0.3) is 0 Å². The Morgan fingerprint density at radius 3 is 2.68 bits per heavy atom. The van der Waals surface area contributed by atoms with Gasteiger partial charge in [-0.05, 0) is 88.3 Å². The first-order chi connectivity index (χ1) is 17.9. The van der Waals surface area contributed by atoms with E-state index in [0.717, 1.165) is 45.3 Å². The maximum Gasteiger partial charge on any atom is 0.325 e. The largest absolute Gasteiger partial charge is 0.465 e. The number of esters is 1. The fraction of sp³-hybridized carbons (Fsp3) is 0.357. The molecule has 1 aromatic carbocycles. The van der Waals surface area contributed by atoms with E-state index in [2.05, 4.69) is 31.9 Å². The lowest BCUT2D eigenvalue weighted by molar-refractivity contribution is -0.155. The van der Waals surface area contributed by atoms with Crippen LogP contribution in [0.15, 0.2) is 59.5 Å². The van der Waals surface area contributed by atoms with Gasteiger partial charge in [0.2, 0.25) is 5.91 Å². The Kier molecular flexibility index (Phi) is 7.88. The van der Waals surface area contributed by atoms with Gasteiger partial charge in [0.15, 0.2) is 0 Å². The Morgan fingerprint density at radius 2 is 1.89 bits per heavy atom. The van der Waals surface area contributed by atoms with Gasteiger partial charge in [-0.1, -0.05) is 17.7 Å². The Balaban J connectivity index is 1.51. The molecule has 1 aliphatic carbocycles. The number of amides is 1. The van der Waals surface area contributed by atoms with Crippen LogP contribution in [0.1, 0.15) is 40.9 Å². The van der Waals surface area contributed by atoms with Crippen molar-refractivity contribution < 1.29 is 14.3 Å². The average Bonchev–Trinajstić information content (AvgIpc) is 3.05. The smallest absolute Gasteiger partial charge is 0.325 e. The van der Waals surface area contributed by atoms with Crippen LogP contribution in [0.25, 0.3) is 0 Å². The molecule has 5 rings (SSSR count). The molecule has 2 unspecified atom stereocenters. The third-order valence-corrected chi connectivity index (χ3v) is 7.73. The Morgan fingerprint density at radius 1 is 1.11 bits per heavy atom. The van der Waals surface area contributed by atoms with E-state index in [-0.39, 0.29) is 37.5 Å². The summed E-state index contributed by atoms with van der Waals surface area (Å²) in [5, 5.41) is 0.686. The lowest BCUT2D eigenvalue weighted by atomic mass is 9.94. The number of aryl methyl sites for hydroxylation is 2. The summed E-state index contributed by atoms with van der Waals surface area (Å²) < 4.78 is 6.44. The molecular weight excluding hydrogens is 556 g/mol. The van der Waals surface area contributed by atoms with Crippen LogP contribution in [0.4, 0.5) is 0 Å². The van der Waals surface area contributed by atoms with Crippen molar-refractivity contribution >= 4 is 39.4 Å². The van der Waals surface area contributed by atoms with E-state index in [1.165, 1.54) is 0 Å². The topological polar surface area (TPSA) is 75.6 Å². The van der Waals surface area contributed by atoms with Gasteiger partial charge in [0.1, 0.15) is 6.04 Å². The van der Waals surface area contributed by atoms with Crippen molar-refractivity contribution in [2.75, 3.05) is 26.2 Å². The number of ether oxygens (including phenoxy) is 1. The third kappa shape index (κ3) is 5.56. The number of nitrogens with zero attached hydrogens (tertiary/aromatic N) is 4. The Hall–Kier alpha value is -2.81. The number of hydrogen-bond acceptors (Lipinski definition) is 6. The molecule has 2 aromatic heterocycles. The molecule has 0 bridgehead atoms. The van der Waals surface area contributed by atoms with Crippen LogP contribution in [0.2, 0.25) is 5.02 Å². The van der Waals surface area contributed by atoms with Crippen LogP contribution in [-0.4, -0.2) is 63.9 Å². The highest BCUT2D eigenvalue weighted by Gasteiger charge is 2.42. The number of aromatic nitrogens is 2. The highest BCUT2D eigenvalue weighted by molar-refractivity contribution is 9.10. The lowest BCUT2D eigenvalue weighted by Gasteiger charge is -2.44.